The van der Waals surface area contributed by atoms with Gasteiger partial charge in [0.15, 0.2) is 16.7 Å². The number of aliphatic imine (C=N–C) groups is 1. The second-order valence-electron chi connectivity index (χ2n) is 6.44. The molecule has 1 N–H and O–H groups in total. The van der Waals surface area contributed by atoms with E-state index >= 15 is 0 Å². The van der Waals surface area contributed by atoms with Crippen LogP contribution in [-0.2, 0) is 4.79 Å². The zero-order valence-corrected chi connectivity index (χ0v) is 17.6. The van der Waals surface area contributed by atoms with E-state index < -0.39 is 0 Å². The first-order valence-electron chi connectivity index (χ1n) is 8.76. The maximum absolute atomic E-state index is 12.3. The molecule has 1 heterocycles. The quantitative estimate of drug-likeness (QED) is 0.668. The summed E-state index contributed by atoms with van der Waals surface area (Å²) >= 11 is 7.43. The summed E-state index contributed by atoms with van der Waals surface area (Å²) in [6, 6.07) is 11.1. The molecule has 146 valence electrons. The number of rotatable bonds is 5. The lowest BCUT2D eigenvalue weighted by Gasteiger charge is -2.13. The lowest BCUT2D eigenvalue weighted by Crippen LogP contribution is -2.19. The normalized spacial score (nSPS) is 16.7. The first-order valence-corrected chi connectivity index (χ1v) is 9.96. The van der Waals surface area contributed by atoms with E-state index in [1.54, 1.807) is 13.2 Å². The van der Waals surface area contributed by atoms with E-state index in [4.69, 9.17) is 21.1 Å². The Kier molecular flexibility index (Phi) is 6.31. The predicted octanol–water partition coefficient (Wildman–Crippen LogP) is 5.34. The molecule has 3 rings (SSSR count). The average Bonchev–Trinajstić information content (AvgIpc) is 2.99. The first kappa shape index (κ1) is 20.3. The summed E-state index contributed by atoms with van der Waals surface area (Å²) in [5.41, 5.74) is 2.44. The zero-order chi connectivity index (χ0) is 20.3. The van der Waals surface area contributed by atoms with E-state index in [1.807, 2.05) is 57.2 Å². The van der Waals surface area contributed by atoms with E-state index in [1.165, 1.54) is 11.8 Å². The molecule has 28 heavy (non-hydrogen) atoms. The first-order chi connectivity index (χ1) is 13.4. The number of hydrogen-bond acceptors (Lipinski definition) is 5. The molecule has 2 aromatic carbocycles. The fourth-order valence-corrected chi connectivity index (χ4v) is 3.59. The van der Waals surface area contributed by atoms with Crippen LogP contribution in [0, 0.1) is 6.92 Å². The number of carbonyl (C=O) groups excluding carboxylic acids is 1. The number of benzene rings is 2. The van der Waals surface area contributed by atoms with Crippen molar-refractivity contribution in [2.45, 2.75) is 26.9 Å². The maximum atomic E-state index is 12.3. The second kappa shape index (κ2) is 8.71. The topological polar surface area (TPSA) is 59.9 Å². The Bertz CT molecular complexity index is 970. The van der Waals surface area contributed by atoms with E-state index in [0.717, 1.165) is 16.8 Å². The summed E-state index contributed by atoms with van der Waals surface area (Å²) in [5.74, 6) is 1.10. The minimum atomic E-state index is -0.190. The van der Waals surface area contributed by atoms with Crippen molar-refractivity contribution >= 4 is 46.2 Å². The molecule has 0 bridgehead atoms. The van der Waals surface area contributed by atoms with Crippen LogP contribution in [0.25, 0.3) is 6.08 Å². The molecule has 5 nitrogen and oxygen atoms in total. The van der Waals surface area contributed by atoms with E-state index in [2.05, 4.69) is 10.3 Å². The van der Waals surface area contributed by atoms with Crippen LogP contribution in [0.4, 0.5) is 5.69 Å². The number of halogens is 1. The minimum absolute atomic E-state index is 0.0444. The van der Waals surface area contributed by atoms with Crippen molar-refractivity contribution in [3.05, 3.63) is 57.5 Å². The molecule has 7 heteroatoms. The average molecular weight is 417 g/mol. The summed E-state index contributed by atoms with van der Waals surface area (Å²) in [6.45, 7) is 5.81. The van der Waals surface area contributed by atoms with Crippen molar-refractivity contribution in [1.82, 2.24) is 5.32 Å². The number of thioether (sulfide) groups is 1. The van der Waals surface area contributed by atoms with Gasteiger partial charge in [-0.25, -0.2) is 4.99 Å². The smallest absolute Gasteiger partial charge is 0.264 e. The molecule has 0 saturated carbocycles. The summed E-state index contributed by atoms with van der Waals surface area (Å²) in [4.78, 5) is 17.4. The lowest BCUT2D eigenvalue weighted by atomic mass is 10.2. The third-order valence-electron chi connectivity index (χ3n) is 3.96. The van der Waals surface area contributed by atoms with Gasteiger partial charge in [-0.15, -0.1) is 0 Å². The molecule has 0 aliphatic carbocycles. The molecule has 0 atom stereocenters. The van der Waals surface area contributed by atoms with Crippen LogP contribution < -0.4 is 14.8 Å². The highest BCUT2D eigenvalue weighted by atomic mass is 35.5. The molecule has 1 aliphatic heterocycles. The molecule has 1 aliphatic rings. The monoisotopic (exact) mass is 416 g/mol. The second-order valence-corrected chi connectivity index (χ2v) is 7.88. The number of amides is 1. The summed E-state index contributed by atoms with van der Waals surface area (Å²) in [5, 5.41) is 3.96. The van der Waals surface area contributed by atoms with Gasteiger partial charge in [-0.2, -0.15) is 0 Å². The van der Waals surface area contributed by atoms with Crippen LogP contribution in [-0.4, -0.2) is 24.3 Å². The zero-order valence-electron chi connectivity index (χ0n) is 16.1. The van der Waals surface area contributed by atoms with Crippen molar-refractivity contribution in [1.29, 1.82) is 0 Å². The Morgan fingerprint density at radius 1 is 1.21 bits per heavy atom. The fourth-order valence-electron chi connectivity index (χ4n) is 2.58. The summed E-state index contributed by atoms with van der Waals surface area (Å²) in [6.07, 6.45) is 1.85. The van der Waals surface area contributed by atoms with Crippen molar-refractivity contribution in [3.63, 3.8) is 0 Å². The molecule has 1 fully saturated rings. The van der Waals surface area contributed by atoms with Crippen molar-refractivity contribution in [2.24, 2.45) is 4.99 Å². The Labute approximate surface area is 173 Å². The molecule has 1 amide bonds. The van der Waals surface area contributed by atoms with Gasteiger partial charge in [0.25, 0.3) is 5.91 Å². The maximum Gasteiger partial charge on any atom is 0.264 e. The van der Waals surface area contributed by atoms with Gasteiger partial charge in [0.05, 0.1) is 23.8 Å². The van der Waals surface area contributed by atoms with Crippen LogP contribution in [0.5, 0.6) is 11.5 Å². The van der Waals surface area contributed by atoms with Gasteiger partial charge in [0.1, 0.15) is 0 Å². The van der Waals surface area contributed by atoms with Crippen molar-refractivity contribution < 1.29 is 14.3 Å². The Morgan fingerprint density at radius 2 is 2.00 bits per heavy atom. The van der Waals surface area contributed by atoms with Crippen molar-refractivity contribution in [2.75, 3.05) is 7.11 Å². The van der Waals surface area contributed by atoms with Crippen molar-refractivity contribution in [3.8, 4) is 11.5 Å². The predicted molar refractivity (Wildman–Crippen MR) is 116 cm³/mol. The van der Waals surface area contributed by atoms with Gasteiger partial charge in [-0.1, -0.05) is 23.7 Å². The molecule has 2 aromatic rings. The van der Waals surface area contributed by atoms with Crippen LogP contribution >= 0.6 is 23.4 Å². The largest absolute Gasteiger partial charge is 0.493 e. The van der Waals surface area contributed by atoms with Gasteiger partial charge in [-0.3, -0.25) is 4.79 Å². The van der Waals surface area contributed by atoms with Gasteiger partial charge in [0.2, 0.25) is 0 Å². The summed E-state index contributed by atoms with van der Waals surface area (Å²) in [7, 11) is 1.59. The minimum Gasteiger partial charge on any atom is -0.493 e. The van der Waals surface area contributed by atoms with Gasteiger partial charge >= 0.3 is 0 Å². The third-order valence-corrected chi connectivity index (χ3v) is 5.28. The van der Waals surface area contributed by atoms with Crippen LogP contribution in [0.15, 0.2) is 46.3 Å². The number of nitrogens with one attached hydrogen (secondary N) is 1. The molecule has 0 unspecified atom stereocenters. The fraction of sp³-hybridized carbons (Fsp3) is 0.238. The number of carbonyl (C=O) groups is 1. The van der Waals surface area contributed by atoms with Gasteiger partial charge < -0.3 is 14.8 Å². The number of methoxy groups -OCH3 is 1. The van der Waals surface area contributed by atoms with Crippen LogP contribution in [0.2, 0.25) is 5.02 Å². The molecule has 0 aromatic heterocycles. The highest BCUT2D eigenvalue weighted by Crippen LogP contribution is 2.33. The number of ether oxygens (including phenoxy) is 2. The highest BCUT2D eigenvalue weighted by Gasteiger charge is 2.24. The third kappa shape index (κ3) is 4.69. The Balaban J connectivity index is 1.84. The van der Waals surface area contributed by atoms with E-state index in [0.29, 0.717) is 26.6 Å². The Hall–Kier alpha value is -2.44. The number of hydrogen-bond donors (Lipinski definition) is 1. The number of amidine groups is 1. The Morgan fingerprint density at radius 3 is 2.71 bits per heavy atom. The molecular formula is C21H21ClN2O3S. The van der Waals surface area contributed by atoms with E-state index in [9.17, 15) is 4.79 Å². The van der Waals surface area contributed by atoms with Gasteiger partial charge in [-0.05, 0) is 74.0 Å². The molecule has 0 radical (unpaired) electrons. The van der Waals surface area contributed by atoms with E-state index in [-0.39, 0.29) is 12.0 Å². The molecule has 0 spiro atoms. The molecule has 1 saturated heterocycles. The van der Waals surface area contributed by atoms with Gasteiger partial charge in [0, 0.05) is 5.02 Å². The highest BCUT2D eigenvalue weighted by molar-refractivity contribution is 8.18. The number of nitrogens with zero attached hydrogens (tertiary/aromatic N) is 1. The SMILES string of the molecule is COc1cc(/C=C2/SC(=Nc3cccc(Cl)c3C)NC2=O)ccc1OC(C)C. The lowest BCUT2D eigenvalue weighted by molar-refractivity contribution is -0.115. The van der Waals surface area contributed by atoms with Crippen LogP contribution in [0.1, 0.15) is 25.0 Å². The summed E-state index contributed by atoms with van der Waals surface area (Å²) < 4.78 is 11.1. The molecular weight excluding hydrogens is 396 g/mol. The van der Waals surface area contributed by atoms with Crippen LogP contribution in [0.3, 0.4) is 0 Å². The standard InChI is InChI=1S/C21H21ClN2O3S/c1-12(2)27-17-9-8-14(10-18(17)26-4)11-19-20(25)24-21(28-19)23-16-7-5-6-15(22)13(16)3/h5-12H,1-4H3,(H,23,24,25)/b19-11+.